The van der Waals surface area contributed by atoms with Crippen LogP contribution < -0.4 is 0 Å². The van der Waals surface area contributed by atoms with Gasteiger partial charge < -0.3 is 0 Å². The molecule has 0 aliphatic carbocycles. The first-order valence-electron chi connectivity index (χ1n) is 9.33. The molecule has 0 saturated heterocycles. The molecule has 0 saturated carbocycles. The molecular weight excluding hydrogens is 290 g/mol. The molecule has 0 amide bonds. The molecule has 24 heavy (non-hydrogen) atoms. The Labute approximate surface area is 148 Å². The summed E-state index contributed by atoms with van der Waals surface area (Å²) in [7, 11) is 0. The van der Waals surface area contributed by atoms with E-state index in [4.69, 9.17) is 2.74 Å². The van der Waals surface area contributed by atoms with Gasteiger partial charge in [-0.2, -0.15) is 0 Å². The molecule has 0 unspecified atom stereocenters. The topological polar surface area (TPSA) is 12.9 Å². The summed E-state index contributed by atoms with van der Waals surface area (Å²) >= 11 is 0. The lowest BCUT2D eigenvalue weighted by Gasteiger charge is -2.17. The number of aromatic nitrogens is 1. The van der Waals surface area contributed by atoms with E-state index in [0.717, 1.165) is 33.5 Å². The standard InChI is InChI=1S/C23H25N/c1-16(2)21-11-10-19(14-22(21)17(3)4)20-12-13-24-23(15-20)18-8-6-5-7-9-18/h5-17H,1-4H3/i16D,17D. The summed E-state index contributed by atoms with van der Waals surface area (Å²) in [5, 5.41) is 0. The highest BCUT2D eigenvalue weighted by Crippen LogP contribution is 2.32. The molecule has 0 spiro atoms. The molecule has 0 N–H and O–H groups in total. The van der Waals surface area contributed by atoms with Crippen molar-refractivity contribution in [1.82, 2.24) is 4.98 Å². The zero-order valence-electron chi connectivity index (χ0n) is 16.8. The quantitative estimate of drug-likeness (QED) is 0.524. The van der Waals surface area contributed by atoms with Crippen LogP contribution in [-0.2, 0) is 0 Å². The van der Waals surface area contributed by atoms with Crippen LogP contribution in [0.2, 0.25) is 0 Å². The smallest absolute Gasteiger partial charge is 0.0708 e. The van der Waals surface area contributed by atoms with Crippen LogP contribution in [0.1, 0.15) is 53.4 Å². The maximum atomic E-state index is 8.53. The number of benzene rings is 2. The molecule has 1 nitrogen and oxygen atoms in total. The van der Waals surface area contributed by atoms with Gasteiger partial charge in [0, 0.05) is 14.5 Å². The van der Waals surface area contributed by atoms with Gasteiger partial charge in [0.05, 0.1) is 5.69 Å². The molecule has 122 valence electrons. The predicted molar refractivity (Wildman–Crippen MR) is 103 cm³/mol. The molecule has 2 aromatic carbocycles. The van der Waals surface area contributed by atoms with Crippen molar-refractivity contribution in [2.75, 3.05) is 0 Å². The van der Waals surface area contributed by atoms with Crippen molar-refractivity contribution in [3.05, 3.63) is 78.0 Å². The van der Waals surface area contributed by atoms with Crippen molar-refractivity contribution in [2.24, 2.45) is 0 Å². The monoisotopic (exact) mass is 317 g/mol. The highest BCUT2D eigenvalue weighted by atomic mass is 14.7. The van der Waals surface area contributed by atoms with E-state index in [2.05, 4.69) is 29.2 Å². The normalized spacial score (nSPS) is 13.3. The minimum absolute atomic E-state index is 0.736. The fraction of sp³-hybridized carbons (Fsp3) is 0.261. The van der Waals surface area contributed by atoms with E-state index >= 15 is 0 Å². The molecular formula is C23H25N. The van der Waals surface area contributed by atoms with Gasteiger partial charge in [-0.05, 0) is 46.2 Å². The van der Waals surface area contributed by atoms with Crippen LogP contribution in [0, 0.1) is 0 Å². The molecule has 0 atom stereocenters. The third-order valence-corrected chi connectivity index (χ3v) is 4.26. The Hall–Kier alpha value is -2.41. The Morgan fingerprint density at radius 3 is 2.04 bits per heavy atom. The number of rotatable bonds is 4. The minimum atomic E-state index is -0.765. The van der Waals surface area contributed by atoms with Crippen molar-refractivity contribution in [3.63, 3.8) is 0 Å². The number of nitrogens with zero attached hydrogens (tertiary/aromatic N) is 1. The van der Waals surface area contributed by atoms with Gasteiger partial charge in [-0.3, -0.25) is 4.98 Å². The second kappa shape index (κ2) is 7.00. The lowest BCUT2D eigenvalue weighted by Crippen LogP contribution is -1.99. The van der Waals surface area contributed by atoms with Gasteiger partial charge >= 0.3 is 0 Å². The van der Waals surface area contributed by atoms with E-state index in [1.54, 1.807) is 0 Å². The van der Waals surface area contributed by atoms with Crippen LogP contribution in [0.25, 0.3) is 22.4 Å². The van der Waals surface area contributed by atoms with Crippen molar-refractivity contribution in [3.8, 4) is 22.4 Å². The van der Waals surface area contributed by atoms with Crippen molar-refractivity contribution in [2.45, 2.75) is 39.5 Å². The van der Waals surface area contributed by atoms with Crippen molar-refractivity contribution in [1.29, 1.82) is 0 Å². The molecule has 0 radical (unpaired) electrons. The van der Waals surface area contributed by atoms with Gasteiger partial charge in [0.15, 0.2) is 0 Å². The molecule has 3 aromatic rings. The SMILES string of the molecule is [2H]C(C)(C)c1ccc(-c2ccnc(-c3ccccc3)c2)cc1C([2H])(C)C. The number of pyridine rings is 1. The van der Waals surface area contributed by atoms with Gasteiger partial charge in [0.1, 0.15) is 0 Å². The molecule has 3 rings (SSSR count). The number of hydrogen-bond donors (Lipinski definition) is 0. The first kappa shape index (κ1) is 14.0. The van der Waals surface area contributed by atoms with Crippen LogP contribution in [0.4, 0.5) is 0 Å². The fourth-order valence-electron chi connectivity index (χ4n) is 2.95. The van der Waals surface area contributed by atoms with Crippen molar-refractivity contribution < 1.29 is 2.74 Å². The zero-order chi connectivity index (χ0) is 18.9. The largest absolute Gasteiger partial charge is 0.256 e. The Balaban J connectivity index is 2.11. The van der Waals surface area contributed by atoms with Gasteiger partial charge in [-0.15, -0.1) is 0 Å². The van der Waals surface area contributed by atoms with E-state index in [1.807, 2.05) is 70.3 Å². The second-order valence-electron chi connectivity index (χ2n) is 6.56. The Kier molecular flexibility index (Phi) is 4.08. The van der Waals surface area contributed by atoms with E-state index < -0.39 is 11.8 Å². The van der Waals surface area contributed by atoms with Crippen LogP contribution in [0.3, 0.4) is 0 Å². The molecule has 1 heteroatoms. The summed E-state index contributed by atoms with van der Waals surface area (Å²) < 4.78 is 17.0. The van der Waals surface area contributed by atoms with Gasteiger partial charge in [0.25, 0.3) is 0 Å². The summed E-state index contributed by atoms with van der Waals surface area (Å²) in [5.74, 6) is -1.50. The number of hydrogen-bond acceptors (Lipinski definition) is 1. The van der Waals surface area contributed by atoms with E-state index in [1.165, 1.54) is 0 Å². The minimum Gasteiger partial charge on any atom is -0.256 e. The summed E-state index contributed by atoms with van der Waals surface area (Å²) in [6.07, 6.45) is 1.82. The lowest BCUT2D eigenvalue weighted by atomic mass is 9.88. The average Bonchev–Trinajstić information content (AvgIpc) is 2.60. The van der Waals surface area contributed by atoms with Crippen LogP contribution in [0.5, 0.6) is 0 Å². The summed E-state index contributed by atoms with van der Waals surface area (Å²) in [6.45, 7) is 7.50. The Bertz CT molecular complexity index is 903. The highest BCUT2D eigenvalue weighted by Gasteiger charge is 2.12. The van der Waals surface area contributed by atoms with Gasteiger partial charge in [-0.25, -0.2) is 0 Å². The summed E-state index contributed by atoms with van der Waals surface area (Å²) in [6, 6.07) is 20.3. The summed E-state index contributed by atoms with van der Waals surface area (Å²) in [5.41, 5.74) is 5.93. The molecule has 0 bridgehead atoms. The van der Waals surface area contributed by atoms with Crippen molar-refractivity contribution >= 4 is 0 Å². The molecule has 0 aliphatic heterocycles. The van der Waals surface area contributed by atoms with Crippen LogP contribution in [0.15, 0.2) is 66.9 Å². The molecule has 1 heterocycles. The van der Waals surface area contributed by atoms with Gasteiger partial charge in [-0.1, -0.05) is 76.2 Å². The predicted octanol–water partition coefficient (Wildman–Crippen LogP) is 6.66. The van der Waals surface area contributed by atoms with E-state index in [0.29, 0.717) is 0 Å². The van der Waals surface area contributed by atoms with Crippen LogP contribution >= 0.6 is 0 Å². The van der Waals surface area contributed by atoms with E-state index in [-0.39, 0.29) is 0 Å². The first-order chi connectivity index (χ1) is 12.2. The maximum absolute atomic E-state index is 8.53. The highest BCUT2D eigenvalue weighted by molar-refractivity contribution is 5.71. The maximum Gasteiger partial charge on any atom is 0.0708 e. The third-order valence-electron chi connectivity index (χ3n) is 4.26. The zero-order valence-corrected chi connectivity index (χ0v) is 14.8. The second-order valence-corrected chi connectivity index (χ2v) is 6.56. The average molecular weight is 317 g/mol. The molecule has 0 aliphatic rings. The van der Waals surface area contributed by atoms with Gasteiger partial charge in [0.2, 0.25) is 0 Å². The molecule has 0 fully saturated rings. The third kappa shape index (κ3) is 3.41. The molecule has 1 aromatic heterocycles. The summed E-state index contributed by atoms with van der Waals surface area (Å²) in [4.78, 5) is 4.50. The van der Waals surface area contributed by atoms with Crippen LogP contribution in [-0.4, -0.2) is 4.98 Å². The Morgan fingerprint density at radius 1 is 0.708 bits per heavy atom. The fourth-order valence-corrected chi connectivity index (χ4v) is 2.95. The van der Waals surface area contributed by atoms with E-state index in [9.17, 15) is 0 Å². The Morgan fingerprint density at radius 2 is 1.38 bits per heavy atom. The lowest BCUT2D eigenvalue weighted by molar-refractivity contribution is 0.791. The first-order valence-corrected chi connectivity index (χ1v) is 8.33.